The number of hydrogen-bond donors (Lipinski definition) is 1. The number of rotatable bonds is 4. The lowest BCUT2D eigenvalue weighted by atomic mass is 10.1. The molecule has 7 heteroatoms. The zero-order valence-corrected chi connectivity index (χ0v) is 12.4. The standard InChI is InChI=1S/C8H5NO2.C7H12O4/c10-7-5-3-1-2-4-6(5)8(11)9-7;1-3-10-6(8)5-7(9)11-4-2/h1-4H,(H,9,10,11);3-5H2,1-2H3. The number of esters is 2. The average Bonchev–Trinajstić information content (AvgIpc) is 2.76. The van der Waals surface area contributed by atoms with Gasteiger partial charge in [0.15, 0.2) is 0 Å². The Labute approximate surface area is 127 Å². The number of carbonyl (C=O) groups excluding carboxylic acids is 4. The maximum absolute atomic E-state index is 10.9. The summed E-state index contributed by atoms with van der Waals surface area (Å²) >= 11 is 0. The van der Waals surface area contributed by atoms with Crippen molar-refractivity contribution in [3.63, 3.8) is 0 Å². The molecule has 2 rings (SSSR count). The normalized spacial score (nSPS) is 11.7. The van der Waals surface area contributed by atoms with Crippen molar-refractivity contribution in [3.05, 3.63) is 35.4 Å². The minimum Gasteiger partial charge on any atom is -0.466 e. The van der Waals surface area contributed by atoms with Gasteiger partial charge < -0.3 is 9.47 Å². The first-order valence-electron chi connectivity index (χ1n) is 6.75. The lowest BCUT2D eigenvalue weighted by molar-refractivity contribution is -0.153. The second kappa shape index (κ2) is 8.56. The monoisotopic (exact) mass is 307 g/mol. The third-order valence-corrected chi connectivity index (χ3v) is 2.54. The predicted octanol–water partition coefficient (Wildman–Crippen LogP) is 1.07. The molecule has 0 spiro atoms. The second-order valence-electron chi connectivity index (χ2n) is 4.12. The lowest BCUT2D eigenvalue weighted by Gasteiger charge is -2.00. The first kappa shape index (κ1) is 17.4. The van der Waals surface area contributed by atoms with Crippen LogP contribution in [0.15, 0.2) is 24.3 Å². The van der Waals surface area contributed by atoms with E-state index in [9.17, 15) is 19.2 Å². The van der Waals surface area contributed by atoms with E-state index >= 15 is 0 Å². The van der Waals surface area contributed by atoms with E-state index in [1.54, 1.807) is 38.1 Å². The Morgan fingerprint density at radius 3 is 1.68 bits per heavy atom. The molecule has 0 saturated carbocycles. The van der Waals surface area contributed by atoms with Gasteiger partial charge in [-0.25, -0.2) is 0 Å². The van der Waals surface area contributed by atoms with Crippen molar-refractivity contribution in [2.45, 2.75) is 20.3 Å². The van der Waals surface area contributed by atoms with Gasteiger partial charge in [-0.05, 0) is 26.0 Å². The van der Waals surface area contributed by atoms with E-state index in [2.05, 4.69) is 14.8 Å². The summed E-state index contributed by atoms with van der Waals surface area (Å²) in [7, 11) is 0. The Kier molecular flexibility index (Phi) is 6.75. The molecule has 118 valence electrons. The van der Waals surface area contributed by atoms with Crippen LogP contribution >= 0.6 is 0 Å². The molecule has 7 nitrogen and oxygen atoms in total. The van der Waals surface area contributed by atoms with Crippen LogP contribution in [0.5, 0.6) is 0 Å². The quantitative estimate of drug-likeness (QED) is 0.507. The molecule has 0 fully saturated rings. The molecule has 0 aromatic heterocycles. The number of imide groups is 1. The molecular formula is C15H17NO6. The fraction of sp³-hybridized carbons (Fsp3) is 0.333. The van der Waals surface area contributed by atoms with E-state index < -0.39 is 11.9 Å². The third-order valence-electron chi connectivity index (χ3n) is 2.54. The van der Waals surface area contributed by atoms with E-state index in [-0.39, 0.29) is 31.4 Å². The van der Waals surface area contributed by atoms with E-state index in [0.29, 0.717) is 11.1 Å². The van der Waals surface area contributed by atoms with Gasteiger partial charge in [0.1, 0.15) is 6.42 Å². The summed E-state index contributed by atoms with van der Waals surface area (Å²) in [5.41, 5.74) is 0.940. The van der Waals surface area contributed by atoms with Gasteiger partial charge in [0.05, 0.1) is 24.3 Å². The van der Waals surface area contributed by atoms with Crippen molar-refractivity contribution in [1.82, 2.24) is 5.32 Å². The molecule has 0 saturated heterocycles. The highest BCUT2D eigenvalue weighted by molar-refractivity contribution is 6.21. The molecule has 2 amide bonds. The lowest BCUT2D eigenvalue weighted by Crippen LogP contribution is -2.19. The molecule has 0 unspecified atom stereocenters. The summed E-state index contributed by atoms with van der Waals surface area (Å²) in [5, 5.41) is 2.20. The van der Waals surface area contributed by atoms with Gasteiger partial charge in [0.2, 0.25) is 0 Å². The largest absolute Gasteiger partial charge is 0.466 e. The molecule has 0 bridgehead atoms. The van der Waals surface area contributed by atoms with Gasteiger partial charge in [0, 0.05) is 0 Å². The Hall–Kier alpha value is -2.70. The SMILES string of the molecule is CCOC(=O)CC(=O)OCC.O=C1NC(=O)c2ccccc21. The van der Waals surface area contributed by atoms with E-state index in [1.807, 2.05) is 0 Å². The van der Waals surface area contributed by atoms with Crippen LogP contribution in [0, 0.1) is 0 Å². The summed E-state index contributed by atoms with van der Waals surface area (Å²) in [6.45, 7) is 3.95. The van der Waals surface area contributed by atoms with Gasteiger partial charge in [-0.2, -0.15) is 0 Å². The van der Waals surface area contributed by atoms with Crippen LogP contribution in [0.2, 0.25) is 0 Å². The summed E-state index contributed by atoms with van der Waals surface area (Å²) in [5.74, 6) is -1.67. The highest BCUT2D eigenvalue weighted by atomic mass is 16.5. The van der Waals surface area contributed by atoms with Crippen molar-refractivity contribution in [2.24, 2.45) is 0 Å². The predicted molar refractivity (Wildman–Crippen MR) is 76.1 cm³/mol. The van der Waals surface area contributed by atoms with E-state index in [4.69, 9.17) is 0 Å². The first-order chi connectivity index (χ1) is 10.5. The van der Waals surface area contributed by atoms with E-state index in [1.165, 1.54) is 0 Å². The van der Waals surface area contributed by atoms with Crippen LogP contribution in [-0.4, -0.2) is 37.0 Å². The molecule has 1 aliphatic heterocycles. The number of hydrogen-bond acceptors (Lipinski definition) is 6. The van der Waals surface area contributed by atoms with Gasteiger partial charge in [-0.3, -0.25) is 24.5 Å². The minimum atomic E-state index is -0.536. The summed E-state index contributed by atoms with van der Waals surface area (Å²) in [6.07, 6.45) is -0.290. The summed E-state index contributed by atoms with van der Waals surface area (Å²) in [4.78, 5) is 43.1. The Bertz CT molecular complexity index is 532. The van der Waals surface area contributed by atoms with Crippen LogP contribution in [-0.2, 0) is 19.1 Å². The van der Waals surface area contributed by atoms with Gasteiger partial charge in [0.25, 0.3) is 11.8 Å². The van der Waals surface area contributed by atoms with Gasteiger partial charge >= 0.3 is 11.9 Å². The molecule has 1 aromatic carbocycles. The summed E-state index contributed by atoms with van der Waals surface area (Å²) < 4.78 is 9.04. The average molecular weight is 307 g/mol. The van der Waals surface area contributed by atoms with Crippen LogP contribution in [0.1, 0.15) is 41.0 Å². The maximum Gasteiger partial charge on any atom is 0.317 e. The molecule has 1 aliphatic rings. The van der Waals surface area contributed by atoms with Crippen LogP contribution < -0.4 is 5.32 Å². The Morgan fingerprint density at radius 1 is 0.909 bits per heavy atom. The number of fused-ring (bicyclic) bond motifs is 1. The van der Waals surface area contributed by atoms with Crippen molar-refractivity contribution in [1.29, 1.82) is 0 Å². The van der Waals surface area contributed by atoms with Crippen molar-refractivity contribution < 1.29 is 28.7 Å². The molecule has 1 heterocycles. The number of nitrogens with one attached hydrogen (secondary N) is 1. The number of ether oxygens (including phenoxy) is 2. The highest BCUT2D eigenvalue weighted by Crippen LogP contribution is 2.13. The minimum absolute atomic E-state index is 0.290. The van der Waals surface area contributed by atoms with Gasteiger partial charge in [-0.1, -0.05) is 12.1 Å². The fourth-order valence-electron chi connectivity index (χ4n) is 1.66. The smallest absolute Gasteiger partial charge is 0.317 e. The molecular weight excluding hydrogens is 290 g/mol. The van der Waals surface area contributed by atoms with E-state index in [0.717, 1.165) is 0 Å². The van der Waals surface area contributed by atoms with Crippen LogP contribution in [0.3, 0.4) is 0 Å². The molecule has 22 heavy (non-hydrogen) atoms. The number of amides is 2. The van der Waals surface area contributed by atoms with Crippen molar-refractivity contribution in [3.8, 4) is 0 Å². The van der Waals surface area contributed by atoms with Crippen LogP contribution in [0.25, 0.3) is 0 Å². The summed E-state index contributed by atoms with van der Waals surface area (Å²) in [6, 6.07) is 6.74. The molecule has 0 radical (unpaired) electrons. The molecule has 1 N–H and O–H groups in total. The Balaban J connectivity index is 0.000000220. The molecule has 1 aromatic rings. The topological polar surface area (TPSA) is 98.8 Å². The maximum atomic E-state index is 10.9. The third kappa shape index (κ3) is 5.01. The first-order valence-corrected chi connectivity index (χ1v) is 6.75. The molecule has 0 aliphatic carbocycles. The van der Waals surface area contributed by atoms with Crippen molar-refractivity contribution in [2.75, 3.05) is 13.2 Å². The number of benzene rings is 1. The fourth-order valence-corrected chi connectivity index (χ4v) is 1.66. The zero-order chi connectivity index (χ0) is 16.5. The Morgan fingerprint density at radius 2 is 1.32 bits per heavy atom. The molecule has 0 atom stereocenters. The zero-order valence-electron chi connectivity index (χ0n) is 12.4. The van der Waals surface area contributed by atoms with Crippen molar-refractivity contribution >= 4 is 23.8 Å². The highest BCUT2D eigenvalue weighted by Gasteiger charge is 2.25. The van der Waals surface area contributed by atoms with Gasteiger partial charge in [-0.15, -0.1) is 0 Å². The number of carbonyl (C=O) groups is 4. The second-order valence-corrected chi connectivity index (χ2v) is 4.12. The van der Waals surface area contributed by atoms with Crippen LogP contribution in [0.4, 0.5) is 0 Å².